The van der Waals surface area contributed by atoms with Gasteiger partial charge in [0.05, 0.1) is 12.5 Å². The maximum atomic E-state index is 12.8. The van der Waals surface area contributed by atoms with Crippen molar-refractivity contribution < 1.29 is 14.3 Å². The number of aliphatic hydroxyl groups is 1. The van der Waals surface area contributed by atoms with Crippen LogP contribution in [0.3, 0.4) is 0 Å². The first-order valence-corrected chi connectivity index (χ1v) is 8.42. The van der Waals surface area contributed by atoms with Crippen LogP contribution in [0.2, 0.25) is 0 Å². The van der Waals surface area contributed by atoms with Crippen LogP contribution in [-0.4, -0.2) is 10.9 Å². The largest absolute Gasteiger partial charge is 0.504 e. The monoisotopic (exact) mass is 314 g/mol. The predicted octanol–water partition coefficient (Wildman–Crippen LogP) is 5.16. The number of furan rings is 1. The molecular weight excluding hydrogens is 288 g/mol. The van der Waals surface area contributed by atoms with E-state index >= 15 is 0 Å². The highest BCUT2D eigenvalue weighted by molar-refractivity contribution is 5.98. The van der Waals surface area contributed by atoms with Gasteiger partial charge < -0.3 is 9.52 Å². The van der Waals surface area contributed by atoms with Crippen molar-refractivity contribution in [3.63, 3.8) is 0 Å². The molecule has 1 fully saturated rings. The van der Waals surface area contributed by atoms with Crippen molar-refractivity contribution in [2.45, 2.75) is 47.0 Å². The van der Waals surface area contributed by atoms with E-state index in [1.807, 2.05) is 19.1 Å². The number of ketones is 1. The molecule has 0 aromatic carbocycles. The molecule has 0 saturated heterocycles. The van der Waals surface area contributed by atoms with Crippen molar-refractivity contribution in [3.05, 3.63) is 41.6 Å². The van der Waals surface area contributed by atoms with Crippen molar-refractivity contribution in [2.75, 3.05) is 0 Å². The van der Waals surface area contributed by atoms with Gasteiger partial charge in [-0.1, -0.05) is 39.3 Å². The fourth-order valence-electron chi connectivity index (χ4n) is 5.01. The summed E-state index contributed by atoms with van der Waals surface area (Å²) in [5.41, 5.74) is 1.58. The molecule has 1 unspecified atom stereocenters. The Hall–Kier alpha value is -1.77. The minimum absolute atomic E-state index is 0.0238. The number of rotatable bonds is 2. The highest BCUT2D eigenvalue weighted by atomic mass is 16.3. The van der Waals surface area contributed by atoms with Crippen LogP contribution < -0.4 is 0 Å². The Morgan fingerprint density at radius 2 is 2.04 bits per heavy atom. The van der Waals surface area contributed by atoms with Gasteiger partial charge in [-0.25, -0.2) is 0 Å². The average molecular weight is 314 g/mol. The van der Waals surface area contributed by atoms with Crippen LogP contribution in [0.25, 0.3) is 6.08 Å². The lowest BCUT2D eigenvalue weighted by atomic mass is 9.48. The van der Waals surface area contributed by atoms with Crippen LogP contribution in [0.5, 0.6) is 0 Å². The van der Waals surface area contributed by atoms with E-state index in [4.69, 9.17) is 4.42 Å². The Kier molecular flexibility index (Phi) is 3.78. The third-order valence-electron chi connectivity index (χ3n) is 6.05. The number of allylic oxidation sites excluding steroid dienone is 3. The molecular formula is C20H26O3. The van der Waals surface area contributed by atoms with Crippen LogP contribution in [0.15, 0.2) is 40.4 Å². The molecule has 1 aromatic rings. The van der Waals surface area contributed by atoms with Gasteiger partial charge in [0.1, 0.15) is 0 Å². The molecule has 3 rings (SSSR count). The second kappa shape index (κ2) is 5.40. The van der Waals surface area contributed by atoms with Crippen LogP contribution >= 0.6 is 0 Å². The maximum absolute atomic E-state index is 12.8. The molecule has 1 saturated carbocycles. The Morgan fingerprint density at radius 1 is 1.30 bits per heavy atom. The van der Waals surface area contributed by atoms with E-state index in [9.17, 15) is 9.90 Å². The summed E-state index contributed by atoms with van der Waals surface area (Å²) in [6, 6.07) is 1.91. The van der Waals surface area contributed by atoms with Crippen molar-refractivity contribution in [2.24, 2.45) is 22.7 Å². The minimum atomic E-state index is -0.143. The first-order valence-electron chi connectivity index (χ1n) is 8.42. The molecule has 1 aromatic heterocycles. The third kappa shape index (κ3) is 2.46. The molecule has 3 atom stereocenters. The maximum Gasteiger partial charge on any atom is 0.201 e. The zero-order valence-electron chi connectivity index (χ0n) is 14.4. The fourth-order valence-corrected chi connectivity index (χ4v) is 5.01. The van der Waals surface area contributed by atoms with E-state index in [-0.39, 0.29) is 34.2 Å². The number of fused-ring (bicyclic) bond motifs is 1. The molecule has 3 heteroatoms. The summed E-state index contributed by atoms with van der Waals surface area (Å²) in [6.45, 7) is 8.44. The summed E-state index contributed by atoms with van der Waals surface area (Å²) in [6.07, 6.45) is 10.7. The zero-order valence-corrected chi connectivity index (χ0v) is 14.4. The van der Waals surface area contributed by atoms with E-state index in [0.717, 1.165) is 30.4 Å². The molecule has 0 amide bonds. The number of hydrogen-bond donors (Lipinski definition) is 1. The van der Waals surface area contributed by atoms with Gasteiger partial charge >= 0.3 is 0 Å². The molecule has 0 aliphatic heterocycles. The number of aliphatic hydroxyl groups excluding tert-OH is 1. The smallest absolute Gasteiger partial charge is 0.201 e. The number of carbonyl (C=O) groups excluding carboxylic acids is 1. The van der Waals surface area contributed by atoms with Crippen LogP contribution in [-0.2, 0) is 4.79 Å². The van der Waals surface area contributed by atoms with Gasteiger partial charge in [-0.15, -0.1) is 0 Å². The Morgan fingerprint density at radius 3 is 2.70 bits per heavy atom. The number of Topliss-reactive ketones (excluding diaryl/α,β-unsaturated/α-hetero) is 1. The first-order chi connectivity index (χ1) is 10.8. The lowest BCUT2D eigenvalue weighted by Gasteiger charge is -2.55. The highest BCUT2D eigenvalue weighted by Gasteiger charge is 2.57. The van der Waals surface area contributed by atoms with Crippen molar-refractivity contribution in [3.8, 4) is 0 Å². The second-order valence-corrected chi connectivity index (χ2v) is 8.07. The van der Waals surface area contributed by atoms with Crippen LogP contribution in [0.4, 0.5) is 0 Å². The van der Waals surface area contributed by atoms with E-state index in [0.29, 0.717) is 0 Å². The summed E-state index contributed by atoms with van der Waals surface area (Å²) in [4.78, 5) is 12.8. The van der Waals surface area contributed by atoms with Gasteiger partial charge in [0, 0.05) is 17.4 Å². The molecule has 1 N–H and O–H groups in total. The van der Waals surface area contributed by atoms with E-state index in [2.05, 4.69) is 26.8 Å². The average Bonchev–Trinajstić information content (AvgIpc) is 2.97. The summed E-state index contributed by atoms with van der Waals surface area (Å²) in [5.74, 6) is -0.155. The van der Waals surface area contributed by atoms with Gasteiger partial charge in [-0.3, -0.25) is 4.79 Å². The molecule has 1 heterocycles. The molecule has 124 valence electrons. The lowest BCUT2D eigenvalue weighted by Crippen LogP contribution is -2.53. The fraction of sp³-hybridized carbons (Fsp3) is 0.550. The van der Waals surface area contributed by atoms with Crippen molar-refractivity contribution >= 4 is 11.9 Å². The third-order valence-corrected chi connectivity index (χ3v) is 6.05. The molecule has 0 spiro atoms. The van der Waals surface area contributed by atoms with E-state index < -0.39 is 0 Å². The van der Waals surface area contributed by atoms with Gasteiger partial charge in [0.15, 0.2) is 5.76 Å². The Balaban J connectivity index is 2.07. The van der Waals surface area contributed by atoms with E-state index in [1.165, 1.54) is 0 Å². The summed E-state index contributed by atoms with van der Waals surface area (Å²) in [5, 5.41) is 10.4. The minimum Gasteiger partial charge on any atom is -0.504 e. The summed E-state index contributed by atoms with van der Waals surface area (Å²) in [7, 11) is 0. The first kappa shape index (κ1) is 16.1. The molecule has 23 heavy (non-hydrogen) atoms. The van der Waals surface area contributed by atoms with Gasteiger partial charge in [-0.2, -0.15) is 0 Å². The quantitative estimate of drug-likeness (QED) is 0.820. The predicted molar refractivity (Wildman–Crippen MR) is 90.8 cm³/mol. The normalized spacial score (nSPS) is 34.0. The Labute approximate surface area is 138 Å². The second-order valence-electron chi connectivity index (χ2n) is 8.07. The van der Waals surface area contributed by atoms with Gasteiger partial charge in [0.25, 0.3) is 0 Å². The number of hydrogen-bond acceptors (Lipinski definition) is 3. The highest BCUT2D eigenvalue weighted by Crippen LogP contribution is 2.59. The summed E-state index contributed by atoms with van der Waals surface area (Å²) >= 11 is 0. The standard InChI is InChI=1S/C20H26O3/c1-13-15(7-6-14-8-11-23-12-14)20(4)10-5-9-19(2,3)18(20)17(22)16(13)21/h6-8,11-12,15,18,21H,5,9-10H2,1-4H3/b7-6+/t15-,18?,20+/m0/s1. The van der Waals surface area contributed by atoms with Crippen molar-refractivity contribution in [1.82, 2.24) is 0 Å². The van der Waals surface area contributed by atoms with E-state index in [1.54, 1.807) is 12.5 Å². The van der Waals surface area contributed by atoms with Crippen LogP contribution in [0.1, 0.15) is 52.5 Å². The zero-order chi connectivity index (χ0) is 16.8. The summed E-state index contributed by atoms with van der Waals surface area (Å²) < 4.78 is 5.12. The molecule has 2 aliphatic carbocycles. The molecule has 2 aliphatic rings. The van der Waals surface area contributed by atoms with Crippen LogP contribution in [0, 0.1) is 22.7 Å². The lowest BCUT2D eigenvalue weighted by molar-refractivity contribution is -0.139. The topological polar surface area (TPSA) is 50.4 Å². The molecule has 3 nitrogen and oxygen atoms in total. The molecule has 0 bridgehead atoms. The van der Waals surface area contributed by atoms with Gasteiger partial charge in [-0.05, 0) is 42.2 Å². The Bertz CT molecular complexity index is 663. The number of carbonyl (C=O) groups is 1. The van der Waals surface area contributed by atoms with Gasteiger partial charge in [0.2, 0.25) is 5.78 Å². The molecule has 0 radical (unpaired) electrons. The SMILES string of the molecule is CC1=C(O)C(=O)C2C(C)(C)CCC[C@]2(C)[C@H]1/C=C/c1ccoc1. The van der Waals surface area contributed by atoms with Crippen molar-refractivity contribution in [1.29, 1.82) is 0 Å².